The van der Waals surface area contributed by atoms with Gasteiger partial charge in [-0.15, -0.1) is 0 Å². The third-order valence-corrected chi connectivity index (χ3v) is 4.39. The van der Waals surface area contributed by atoms with Crippen LogP contribution in [-0.4, -0.2) is 60.9 Å². The fraction of sp³-hybridized carbons (Fsp3) is 0.368. The lowest BCUT2D eigenvalue weighted by Crippen LogP contribution is -2.50. The molecule has 1 fully saturated rings. The first kappa shape index (κ1) is 17.2. The summed E-state index contributed by atoms with van der Waals surface area (Å²) in [5.74, 6) is 0.284. The molecule has 25 heavy (non-hydrogen) atoms. The van der Waals surface area contributed by atoms with Crippen molar-refractivity contribution < 1.29 is 14.0 Å². The molecule has 0 unspecified atom stereocenters. The van der Waals surface area contributed by atoms with Crippen LogP contribution in [-0.2, 0) is 0 Å². The van der Waals surface area contributed by atoms with Crippen LogP contribution in [0.1, 0.15) is 26.5 Å². The topological polar surface area (TPSA) is 65.8 Å². The molecule has 0 saturated carbocycles. The lowest BCUT2D eigenvalue weighted by atomic mass is 10.1. The molecule has 1 aromatic heterocycles. The molecule has 132 valence electrons. The highest BCUT2D eigenvalue weighted by Crippen LogP contribution is 2.09. The number of benzene rings is 1. The van der Waals surface area contributed by atoms with E-state index < -0.39 is 0 Å². The van der Waals surface area contributed by atoms with E-state index in [1.165, 1.54) is 6.26 Å². The van der Waals surface area contributed by atoms with Crippen LogP contribution >= 0.6 is 0 Å². The number of aryl methyl sites for hydroxylation is 1. The maximum Gasteiger partial charge on any atom is 0.289 e. The van der Waals surface area contributed by atoms with Gasteiger partial charge in [-0.2, -0.15) is 0 Å². The van der Waals surface area contributed by atoms with E-state index in [4.69, 9.17) is 4.42 Å². The summed E-state index contributed by atoms with van der Waals surface area (Å²) >= 11 is 0. The van der Waals surface area contributed by atoms with E-state index >= 15 is 0 Å². The van der Waals surface area contributed by atoms with Crippen LogP contribution in [0.4, 0.5) is 0 Å². The Kier molecular flexibility index (Phi) is 5.50. The van der Waals surface area contributed by atoms with Crippen molar-refractivity contribution in [2.24, 2.45) is 0 Å². The normalized spacial score (nSPS) is 15.2. The van der Waals surface area contributed by atoms with Crippen LogP contribution < -0.4 is 5.32 Å². The number of nitrogens with one attached hydrogen (secondary N) is 1. The summed E-state index contributed by atoms with van der Waals surface area (Å²) in [6.45, 7) is 6.29. The molecule has 6 heteroatoms. The second-order valence-corrected chi connectivity index (χ2v) is 6.24. The second kappa shape index (κ2) is 7.98. The van der Waals surface area contributed by atoms with Gasteiger partial charge in [-0.25, -0.2) is 0 Å². The van der Waals surface area contributed by atoms with E-state index in [1.54, 1.807) is 17.0 Å². The fourth-order valence-corrected chi connectivity index (χ4v) is 2.95. The van der Waals surface area contributed by atoms with Gasteiger partial charge in [0.25, 0.3) is 11.8 Å². The van der Waals surface area contributed by atoms with E-state index in [-0.39, 0.29) is 11.8 Å². The number of hydrogen-bond donors (Lipinski definition) is 1. The van der Waals surface area contributed by atoms with Gasteiger partial charge in [0.15, 0.2) is 5.76 Å². The molecule has 0 radical (unpaired) electrons. The van der Waals surface area contributed by atoms with Crippen molar-refractivity contribution in [1.29, 1.82) is 0 Å². The van der Waals surface area contributed by atoms with Crippen molar-refractivity contribution in [3.05, 3.63) is 59.5 Å². The maximum atomic E-state index is 12.2. The molecule has 0 spiro atoms. The Bertz CT molecular complexity index is 719. The Morgan fingerprint density at radius 1 is 1.12 bits per heavy atom. The van der Waals surface area contributed by atoms with Crippen LogP contribution in [0, 0.1) is 6.92 Å². The maximum absolute atomic E-state index is 12.2. The zero-order valence-corrected chi connectivity index (χ0v) is 14.4. The first-order valence-corrected chi connectivity index (χ1v) is 8.53. The standard InChI is InChI=1S/C19H23N3O3/c1-15-4-2-5-16(14-15)18(23)20-7-8-21-9-11-22(12-10-21)19(24)17-6-3-13-25-17/h2-6,13-14H,7-12H2,1H3,(H,20,23). The molecule has 1 N–H and O–H groups in total. The molecule has 1 saturated heterocycles. The van der Waals surface area contributed by atoms with Gasteiger partial charge in [-0.05, 0) is 31.2 Å². The van der Waals surface area contributed by atoms with E-state index in [0.29, 0.717) is 31.0 Å². The monoisotopic (exact) mass is 341 g/mol. The highest BCUT2D eigenvalue weighted by Gasteiger charge is 2.23. The Morgan fingerprint density at radius 2 is 1.92 bits per heavy atom. The highest BCUT2D eigenvalue weighted by molar-refractivity contribution is 5.94. The summed E-state index contributed by atoms with van der Waals surface area (Å²) in [4.78, 5) is 28.4. The Balaban J connectivity index is 1.39. The van der Waals surface area contributed by atoms with Crippen molar-refractivity contribution in [3.8, 4) is 0 Å². The number of furan rings is 1. The molecule has 1 aromatic carbocycles. The summed E-state index contributed by atoms with van der Waals surface area (Å²) in [5, 5.41) is 2.95. The molecule has 3 rings (SSSR count). The first-order chi connectivity index (χ1) is 12.1. The van der Waals surface area contributed by atoms with E-state index in [9.17, 15) is 9.59 Å². The first-order valence-electron chi connectivity index (χ1n) is 8.53. The number of piperazine rings is 1. The Morgan fingerprint density at radius 3 is 2.60 bits per heavy atom. The second-order valence-electron chi connectivity index (χ2n) is 6.24. The van der Waals surface area contributed by atoms with Gasteiger partial charge in [0.05, 0.1) is 6.26 Å². The summed E-state index contributed by atoms with van der Waals surface area (Å²) < 4.78 is 5.16. The third kappa shape index (κ3) is 4.48. The van der Waals surface area contributed by atoms with Gasteiger partial charge in [0.1, 0.15) is 0 Å². The smallest absolute Gasteiger partial charge is 0.289 e. The van der Waals surface area contributed by atoms with E-state index in [0.717, 1.165) is 25.2 Å². The quantitative estimate of drug-likeness (QED) is 0.900. The number of amides is 2. The van der Waals surface area contributed by atoms with Gasteiger partial charge in [0, 0.05) is 44.8 Å². The average molecular weight is 341 g/mol. The van der Waals surface area contributed by atoms with Crippen molar-refractivity contribution >= 4 is 11.8 Å². The predicted molar refractivity (Wildman–Crippen MR) is 94.6 cm³/mol. The Labute approximate surface area is 147 Å². The summed E-state index contributed by atoms with van der Waals surface area (Å²) in [5.41, 5.74) is 1.76. The predicted octanol–water partition coefficient (Wildman–Crippen LogP) is 1.78. The minimum absolute atomic E-state index is 0.0460. The molecule has 6 nitrogen and oxygen atoms in total. The highest BCUT2D eigenvalue weighted by atomic mass is 16.3. The SMILES string of the molecule is Cc1cccc(C(=O)NCCN2CCN(C(=O)c3ccco3)CC2)c1. The van der Waals surface area contributed by atoms with Gasteiger partial charge in [0.2, 0.25) is 0 Å². The molecule has 2 amide bonds. The number of hydrogen-bond acceptors (Lipinski definition) is 4. The Hall–Kier alpha value is -2.60. The summed E-state index contributed by atoms with van der Waals surface area (Å²) in [6, 6.07) is 11.0. The van der Waals surface area contributed by atoms with Crippen LogP contribution in [0.2, 0.25) is 0 Å². The molecule has 0 aliphatic carbocycles. The van der Waals surface area contributed by atoms with E-state index in [1.807, 2.05) is 31.2 Å². The van der Waals surface area contributed by atoms with Gasteiger partial charge in [-0.3, -0.25) is 14.5 Å². The molecule has 2 aromatic rings. The molecule has 2 heterocycles. The fourth-order valence-electron chi connectivity index (χ4n) is 2.95. The number of rotatable bonds is 5. The average Bonchev–Trinajstić information content (AvgIpc) is 3.16. The molecule has 0 bridgehead atoms. The zero-order valence-electron chi connectivity index (χ0n) is 14.4. The minimum Gasteiger partial charge on any atom is -0.459 e. The number of carbonyl (C=O) groups is 2. The molecular weight excluding hydrogens is 318 g/mol. The molecule has 1 aliphatic heterocycles. The van der Waals surface area contributed by atoms with Crippen LogP contribution in [0.3, 0.4) is 0 Å². The third-order valence-electron chi connectivity index (χ3n) is 4.39. The zero-order chi connectivity index (χ0) is 17.6. The van der Waals surface area contributed by atoms with Gasteiger partial charge >= 0.3 is 0 Å². The van der Waals surface area contributed by atoms with E-state index in [2.05, 4.69) is 10.2 Å². The van der Waals surface area contributed by atoms with Gasteiger partial charge < -0.3 is 14.6 Å². The lowest BCUT2D eigenvalue weighted by molar-refractivity contribution is 0.0607. The van der Waals surface area contributed by atoms with Crippen molar-refractivity contribution in [2.75, 3.05) is 39.3 Å². The number of nitrogens with zero attached hydrogens (tertiary/aromatic N) is 2. The van der Waals surface area contributed by atoms with Crippen LogP contribution in [0.25, 0.3) is 0 Å². The summed E-state index contributed by atoms with van der Waals surface area (Å²) in [6.07, 6.45) is 1.51. The molecule has 0 atom stereocenters. The van der Waals surface area contributed by atoms with Crippen LogP contribution in [0.5, 0.6) is 0 Å². The van der Waals surface area contributed by atoms with Crippen molar-refractivity contribution in [1.82, 2.24) is 15.1 Å². The number of carbonyl (C=O) groups excluding carboxylic acids is 2. The van der Waals surface area contributed by atoms with Crippen molar-refractivity contribution in [3.63, 3.8) is 0 Å². The minimum atomic E-state index is -0.0580. The molecule has 1 aliphatic rings. The van der Waals surface area contributed by atoms with Crippen LogP contribution in [0.15, 0.2) is 47.1 Å². The largest absolute Gasteiger partial charge is 0.459 e. The van der Waals surface area contributed by atoms with Gasteiger partial charge in [-0.1, -0.05) is 17.7 Å². The van der Waals surface area contributed by atoms with Crippen molar-refractivity contribution in [2.45, 2.75) is 6.92 Å². The molecular formula is C19H23N3O3. The summed E-state index contributed by atoms with van der Waals surface area (Å²) in [7, 11) is 0. The lowest BCUT2D eigenvalue weighted by Gasteiger charge is -2.34.